The summed E-state index contributed by atoms with van der Waals surface area (Å²) in [4.78, 5) is 24.0. The number of hydrogen-bond donors (Lipinski definition) is 2. The Labute approximate surface area is 153 Å². The Morgan fingerprint density at radius 1 is 0.920 bits per heavy atom. The van der Waals surface area contributed by atoms with Gasteiger partial charge in [0.2, 0.25) is 5.91 Å². The Morgan fingerprint density at radius 3 is 2.04 bits per heavy atom. The number of nitrogens with zero attached hydrogens (tertiary/aromatic N) is 1. The van der Waals surface area contributed by atoms with Gasteiger partial charge >= 0.3 is 5.97 Å². The van der Waals surface area contributed by atoms with E-state index in [-0.39, 0.29) is 18.4 Å². The van der Waals surface area contributed by atoms with Gasteiger partial charge in [0.15, 0.2) is 0 Å². The van der Waals surface area contributed by atoms with Crippen LogP contribution in [0.3, 0.4) is 0 Å². The van der Waals surface area contributed by atoms with Crippen LogP contribution < -0.4 is 0 Å². The van der Waals surface area contributed by atoms with E-state index in [1.54, 1.807) is 6.92 Å². The molecule has 0 fully saturated rings. The number of carbonyl (C=O) groups is 2. The number of unbranched alkanes of at least 4 members (excludes halogenated alkanes) is 3. The molecule has 0 aromatic heterocycles. The summed E-state index contributed by atoms with van der Waals surface area (Å²) >= 11 is 0. The fourth-order valence-electron chi connectivity index (χ4n) is 2.89. The number of hydrogen-bond acceptors (Lipinski definition) is 3. The molecule has 0 heterocycles. The second kappa shape index (κ2) is 13.2. The van der Waals surface area contributed by atoms with Gasteiger partial charge in [-0.2, -0.15) is 0 Å². The fraction of sp³-hybridized carbons (Fsp3) is 0.900. The molecule has 25 heavy (non-hydrogen) atoms. The van der Waals surface area contributed by atoms with Crippen LogP contribution in [-0.4, -0.2) is 46.2 Å². The van der Waals surface area contributed by atoms with Crippen LogP contribution in [0.5, 0.6) is 0 Å². The summed E-state index contributed by atoms with van der Waals surface area (Å²) in [5.41, 5.74) is 0.315. The maximum Gasteiger partial charge on any atom is 0.303 e. The molecule has 2 N–H and O–H groups in total. The third kappa shape index (κ3) is 16.1. The Bertz CT molecular complexity index is 376. The van der Waals surface area contributed by atoms with Gasteiger partial charge in [0, 0.05) is 26.4 Å². The normalized spacial score (nSPS) is 12.8. The number of carbonyl (C=O) groups excluding carboxylic acids is 1. The first-order chi connectivity index (χ1) is 11.6. The highest BCUT2D eigenvalue weighted by Crippen LogP contribution is 2.22. The van der Waals surface area contributed by atoms with E-state index in [1.807, 2.05) is 4.90 Å². The molecule has 0 saturated carbocycles. The molecule has 0 bridgehead atoms. The topological polar surface area (TPSA) is 77.8 Å². The standard InChI is InChI=1S/C20H39NO4/c1-17(22)21(15-8-6-5-7-13-19(24)25)16-10-12-18(23)11-9-14-20(2,3)4/h18,23H,5-16H2,1-4H3,(H,24,25). The fourth-order valence-corrected chi connectivity index (χ4v) is 2.89. The largest absolute Gasteiger partial charge is 0.481 e. The van der Waals surface area contributed by atoms with Crippen molar-refractivity contribution in [3.8, 4) is 0 Å². The average molecular weight is 358 g/mol. The van der Waals surface area contributed by atoms with Crippen molar-refractivity contribution in [1.29, 1.82) is 0 Å². The maximum atomic E-state index is 11.7. The third-order valence-corrected chi connectivity index (χ3v) is 4.44. The minimum Gasteiger partial charge on any atom is -0.481 e. The van der Waals surface area contributed by atoms with Crippen molar-refractivity contribution in [3.05, 3.63) is 0 Å². The Balaban J connectivity index is 3.81. The molecule has 0 aliphatic rings. The lowest BCUT2D eigenvalue weighted by Gasteiger charge is -2.22. The summed E-state index contributed by atoms with van der Waals surface area (Å²) in [7, 11) is 0. The number of amides is 1. The van der Waals surface area contributed by atoms with E-state index in [4.69, 9.17) is 5.11 Å². The molecule has 0 aromatic rings. The van der Waals surface area contributed by atoms with Crippen LogP contribution in [0.2, 0.25) is 0 Å². The quantitative estimate of drug-likeness (QED) is 0.456. The predicted octanol–water partition coefficient (Wildman–Crippen LogP) is 4.23. The van der Waals surface area contributed by atoms with E-state index in [2.05, 4.69) is 20.8 Å². The van der Waals surface area contributed by atoms with Gasteiger partial charge in [-0.25, -0.2) is 0 Å². The number of aliphatic hydroxyl groups excluding tert-OH is 1. The summed E-state index contributed by atoms with van der Waals surface area (Å²) in [6.45, 7) is 9.65. The van der Waals surface area contributed by atoms with E-state index in [0.717, 1.165) is 57.9 Å². The van der Waals surface area contributed by atoms with Crippen LogP contribution in [0.25, 0.3) is 0 Å². The van der Waals surface area contributed by atoms with Gasteiger partial charge in [-0.3, -0.25) is 9.59 Å². The van der Waals surface area contributed by atoms with Crippen molar-refractivity contribution in [2.75, 3.05) is 13.1 Å². The molecule has 0 saturated heterocycles. The summed E-state index contributed by atoms with van der Waals surface area (Å²) in [6, 6.07) is 0. The van der Waals surface area contributed by atoms with Gasteiger partial charge in [-0.15, -0.1) is 0 Å². The highest BCUT2D eigenvalue weighted by molar-refractivity contribution is 5.73. The zero-order chi connectivity index (χ0) is 19.3. The van der Waals surface area contributed by atoms with Gasteiger partial charge < -0.3 is 15.1 Å². The lowest BCUT2D eigenvalue weighted by Crippen LogP contribution is -2.31. The minimum atomic E-state index is -0.744. The van der Waals surface area contributed by atoms with Gasteiger partial charge in [-0.1, -0.05) is 40.0 Å². The number of aliphatic hydroxyl groups is 1. The van der Waals surface area contributed by atoms with Crippen molar-refractivity contribution >= 4 is 11.9 Å². The summed E-state index contributed by atoms with van der Waals surface area (Å²) in [6.07, 6.45) is 7.97. The zero-order valence-electron chi connectivity index (χ0n) is 16.7. The molecule has 0 aliphatic carbocycles. The molecule has 1 atom stereocenters. The molecule has 1 unspecified atom stereocenters. The number of carboxylic acids is 1. The molecule has 5 heteroatoms. The van der Waals surface area contributed by atoms with E-state index in [0.29, 0.717) is 18.4 Å². The molecule has 0 aromatic carbocycles. The Kier molecular flexibility index (Phi) is 12.6. The molecular weight excluding hydrogens is 318 g/mol. The van der Waals surface area contributed by atoms with Crippen molar-refractivity contribution in [2.45, 2.75) is 98.0 Å². The second-order valence-corrected chi connectivity index (χ2v) is 8.31. The Morgan fingerprint density at radius 2 is 1.48 bits per heavy atom. The van der Waals surface area contributed by atoms with Crippen LogP contribution in [0, 0.1) is 5.41 Å². The highest BCUT2D eigenvalue weighted by atomic mass is 16.4. The van der Waals surface area contributed by atoms with E-state index >= 15 is 0 Å². The van der Waals surface area contributed by atoms with Gasteiger partial charge in [0.1, 0.15) is 0 Å². The molecule has 5 nitrogen and oxygen atoms in total. The van der Waals surface area contributed by atoms with Crippen LogP contribution in [-0.2, 0) is 9.59 Å². The van der Waals surface area contributed by atoms with Gasteiger partial charge in [-0.05, 0) is 43.9 Å². The van der Waals surface area contributed by atoms with Crippen molar-refractivity contribution in [1.82, 2.24) is 4.90 Å². The van der Waals surface area contributed by atoms with E-state index in [9.17, 15) is 14.7 Å². The molecule has 0 spiro atoms. The first kappa shape index (κ1) is 23.9. The maximum absolute atomic E-state index is 11.7. The number of aliphatic carboxylic acids is 1. The SMILES string of the molecule is CC(=O)N(CCCCCCC(=O)O)CCCC(O)CCCC(C)(C)C. The zero-order valence-corrected chi connectivity index (χ0v) is 16.7. The van der Waals surface area contributed by atoms with Crippen LogP contribution in [0.15, 0.2) is 0 Å². The van der Waals surface area contributed by atoms with Gasteiger partial charge in [0.25, 0.3) is 0 Å². The van der Waals surface area contributed by atoms with E-state index in [1.165, 1.54) is 0 Å². The van der Waals surface area contributed by atoms with Crippen LogP contribution in [0.4, 0.5) is 0 Å². The van der Waals surface area contributed by atoms with Crippen molar-refractivity contribution in [3.63, 3.8) is 0 Å². The minimum absolute atomic E-state index is 0.0766. The molecule has 0 rings (SSSR count). The summed E-state index contributed by atoms with van der Waals surface area (Å²) < 4.78 is 0. The lowest BCUT2D eigenvalue weighted by atomic mass is 9.89. The molecular formula is C20H39NO4. The monoisotopic (exact) mass is 357 g/mol. The summed E-state index contributed by atoms with van der Waals surface area (Å²) in [5, 5.41) is 18.7. The van der Waals surface area contributed by atoms with Gasteiger partial charge in [0.05, 0.1) is 6.10 Å². The van der Waals surface area contributed by atoms with Crippen LogP contribution >= 0.6 is 0 Å². The van der Waals surface area contributed by atoms with Crippen LogP contribution in [0.1, 0.15) is 91.9 Å². The first-order valence-electron chi connectivity index (χ1n) is 9.77. The number of carboxylic acid groups (broad SMARTS) is 1. The van der Waals surface area contributed by atoms with Crippen molar-refractivity contribution < 1.29 is 19.8 Å². The first-order valence-corrected chi connectivity index (χ1v) is 9.77. The Hall–Kier alpha value is -1.10. The smallest absolute Gasteiger partial charge is 0.303 e. The van der Waals surface area contributed by atoms with E-state index < -0.39 is 5.97 Å². The molecule has 0 aliphatic heterocycles. The molecule has 1 amide bonds. The number of rotatable bonds is 14. The second-order valence-electron chi connectivity index (χ2n) is 8.31. The highest BCUT2D eigenvalue weighted by Gasteiger charge is 2.13. The third-order valence-electron chi connectivity index (χ3n) is 4.44. The average Bonchev–Trinajstić information content (AvgIpc) is 2.46. The predicted molar refractivity (Wildman–Crippen MR) is 102 cm³/mol. The van der Waals surface area contributed by atoms with Crippen molar-refractivity contribution in [2.24, 2.45) is 5.41 Å². The summed E-state index contributed by atoms with van der Waals surface area (Å²) in [5.74, 6) is -0.667. The molecule has 148 valence electrons. The molecule has 0 radical (unpaired) electrons. The lowest BCUT2D eigenvalue weighted by molar-refractivity contribution is -0.137.